The van der Waals surface area contributed by atoms with Gasteiger partial charge in [-0.2, -0.15) is 0 Å². The van der Waals surface area contributed by atoms with Crippen LogP contribution in [0.5, 0.6) is 0 Å². The van der Waals surface area contributed by atoms with Crippen LogP contribution in [0.1, 0.15) is 51.9 Å². The van der Waals surface area contributed by atoms with Gasteiger partial charge in [-0.3, -0.25) is 14.4 Å². The molecule has 37 heavy (non-hydrogen) atoms. The van der Waals surface area contributed by atoms with Gasteiger partial charge in [0.2, 0.25) is 5.91 Å². The quantitative estimate of drug-likeness (QED) is 0.382. The van der Waals surface area contributed by atoms with Crippen molar-refractivity contribution in [2.24, 2.45) is 0 Å². The summed E-state index contributed by atoms with van der Waals surface area (Å²) in [5, 5.41) is 4.38. The number of amides is 2. The number of benzene rings is 2. The van der Waals surface area contributed by atoms with Crippen molar-refractivity contribution in [1.82, 2.24) is 15.6 Å². The molecule has 1 atom stereocenters. The Labute approximate surface area is 218 Å². The molecule has 0 bridgehead atoms. The lowest BCUT2D eigenvalue weighted by atomic mass is 10.0. The third-order valence-electron chi connectivity index (χ3n) is 6.52. The van der Waals surface area contributed by atoms with Crippen LogP contribution < -0.4 is 10.6 Å². The van der Waals surface area contributed by atoms with Gasteiger partial charge in [-0.1, -0.05) is 12.1 Å². The standard InChI is InChI=1S/C26H27N3O6S2/c1-35-10-11-37(33,34)24(21(30)8-9-23(31)28-18-4-5-18)26-29-20-7-3-16(13-22(20)36-26)15-2-6-19-17(12-15)14-27-25(19)32/h2-3,6-7,12-13,18,24H,4-5,8-11,14H2,1H3,(H,27,32)(H,28,31). The smallest absolute Gasteiger partial charge is 0.251 e. The second-order valence-corrected chi connectivity index (χ2v) is 12.6. The van der Waals surface area contributed by atoms with E-state index in [-0.39, 0.29) is 48.1 Å². The van der Waals surface area contributed by atoms with Crippen molar-refractivity contribution in [2.45, 2.75) is 43.5 Å². The van der Waals surface area contributed by atoms with Gasteiger partial charge < -0.3 is 15.4 Å². The summed E-state index contributed by atoms with van der Waals surface area (Å²) in [6.07, 6.45) is 1.62. The molecule has 2 aromatic carbocycles. The molecule has 1 saturated carbocycles. The fraction of sp³-hybridized carbons (Fsp3) is 0.385. The molecule has 0 saturated heterocycles. The van der Waals surface area contributed by atoms with E-state index in [0.29, 0.717) is 17.6 Å². The number of ketones is 1. The molecule has 1 fully saturated rings. The number of carbonyl (C=O) groups is 3. The van der Waals surface area contributed by atoms with Crippen LogP contribution in [0.3, 0.4) is 0 Å². The first-order chi connectivity index (χ1) is 17.7. The van der Waals surface area contributed by atoms with Gasteiger partial charge in [0.1, 0.15) is 5.01 Å². The highest BCUT2D eigenvalue weighted by Crippen LogP contribution is 2.35. The van der Waals surface area contributed by atoms with E-state index in [9.17, 15) is 22.8 Å². The number of hydrogen-bond donors (Lipinski definition) is 2. The van der Waals surface area contributed by atoms with Gasteiger partial charge in [0.25, 0.3) is 5.91 Å². The van der Waals surface area contributed by atoms with E-state index in [2.05, 4.69) is 15.6 Å². The molecule has 2 amide bonds. The highest BCUT2D eigenvalue weighted by atomic mass is 32.2. The van der Waals surface area contributed by atoms with E-state index in [4.69, 9.17) is 4.74 Å². The number of methoxy groups -OCH3 is 1. The van der Waals surface area contributed by atoms with Gasteiger partial charge in [-0.25, -0.2) is 13.4 Å². The van der Waals surface area contributed by atoms with Crippen LogP contribution in [0.2, 0.25) is 0 Å². The van der Waals surface area contributed by atoms with E-state index in [1.165, 1.54) is 7.11 Å². The van der Waals surface area contributed by atoms with Crippen molar-refractivity contribution in [1.29, 1.82) is 0 Å². The summed E-state index contributed by atoms with van der Waals surface area (Å²) in [7, 11) is -2.51. The lowest BCUT2D eigenvalue weighted by Crippen LogP contribution is -2.29. The molecule has 2 aliphatic rings. The Bertz CT molecular complexity index is 1490. The average Bonchev–Trinajstić information content (AvgIpc) is 3.47. The zero-order valence-electron chi connectivity index (χ0n) is 20.3. The molecule has 11 heteroatoms. The molecule has 2 N–H and O–H groups in total. The molecule has 194 valence electrons. The third-order valence-corrected chi connectivity index (χ3v) is 9.69. The fourth-order valence-electron chi connectivity index (χ4n) is 4.35. The number of ether oxygens (including phenoxy) is 1. The maximum absolute atomic E-state index is 13.2. The van der Waals surface area contributed by atoms with Crippen LogP contribution >= 0.6 is 11.3 Å². The van der Waals surface area contributed by atoms with E-state index in [0.717, 1.165) is 45.6 Å². The van der Waals surface area contributed by atoms with Crippen molar-refractivity contribution in [3.63, 3.8) is 0 Å². The molecule has 0 radical (unpaired) electrons. The zero-order valence-corrected chi connectivity index (χ0v) is 21.9. The van der Waals surface area contributed by atoms with E-state index in [1.54, 1.807) is 12.1 Å². The van der Waals surface area contributed by atoms with Crippen LogP contribution in [-0.2, 0) is 30.7 Å². The van der Waals surface area contributed by atoms with Gasteiger partial charge >= 0.3 is 0 Å². The van der Waals surface area contributed by atoms with Crippen LogP contribution in [-0.4, -0.2) is 56.5 Å². The predicted octanol–water partition coefficient (Wildman–Crippen LogP) is 2.94. The number of fused-ring (bicyclic) bond motifs is 2. The lowest BCUT2D eigenvalue weighted by Gasteiger charge is -2.14. The summed E-state index contributed by atoms with van der Waals surface area (Å²) in [5.41, 5.74) is 4.00. The van der Waals surface area contributed by atoms with Crippen LogP contribution in [0.25, 0.3) is 21.3 Å². The number of Topliss-reactive ketones (excluding diaryl/α,β-unsaturated/α-hetero) is 1. The van der Waals surface area contributed by atoms with Crippen LogP contribution in [0.15, 0.2) is 36.4 Å². The SMILES string of the molecule is COCCS(=O)(=O)C(C(=O)CCC(=O)NC1CC1)c1nc2ccc(-c3ccc4c(c3)CNC4=O)cc2s1. The summed E-state index contributed by atoms with van der Waals surface area (Å²) < 4.78 is 32.1. The Morgan fingerprint density at radius 2 is 1.92 bits per heavy atom. The average molecular weight is 542 g/mol. The molecule has 1 aliphatic carbocycles. The zero-order chi connectivity index (χ0) is 26.2. The normalized spacial score (nSPS) is 15.9. The Morgan fingerprint density at radius 3 is 2.68 bits per heavy atom. The van der Waals surface area contributed by atoms with Crippen molar-refractivity contribution < 1.29 is 27.5 Å². The molecule has 1 unspecified atom stereocenters. The molecular weight excluding hydrogens is 514 g/mol. The number of aromatic nitrogens is 1. The number of hydrogen-bond acceptors (Lipinski definition) is 8. The second kappa shape index (κ2) is 10.3. The van der Waals surface area contributed by atoms with E-state index >= 15 is 0 Å². The van der Waals surface area contributed by atoms with Crippen molar-refractivity contribution in [3.8, 4) is 11.1 Å². The molecule has 5 rings (SSSR count). The highest BCUT2D eigenvalue weighted by Gasteiger charge is 2.36. The molecule has 1 aliphatic heterocycles. The van der Waals surface area contributed by atoms with Gasteiger partial charge in [-0.05, 0) is 53.8 Å². The summed E-state index contributed by atoms with van der Waals surface area (Å²) in [6.45, 7) is 0.440. The predicted molar refractivity (Wildman–Crippen MR) is 140 cm³/mol. The Hall–Kier alpha value is -3.15. The van der Waals surface area contributed by atoms with Crippen molar-refractivity contribution in [3.05, 3.63) is 52.5 Å². The maximum Gasteiger partial charge on any atom is 0.251 e. The van der Waals surface area contributed by atoms with E-state index < -0.39 is 20.9 Å². The van der Waals surface area contributed by atoms with Crippen molar-refractivity contribution >= 4 is 49.0 Å². The molecule has 0 spiro atoms. The van der Waals surface area contributed by atoms with E-state index in [1.807, 2.05) is 24.3 Å². The fourth-order valence-corrected chi connectivity index (χ4v) is 7.46. The van der Waals surface area contributed by atoms with Gasteiger partial charge in [0.05, 0.1) is 22.6 Å². The summed E-state index contributed by atoms with van der Waals surface area (Å²) >= 11 is 1.16. The first kappa shape index (κ1) is 25.5. The minimum atomic E-state index is -3.91. The number of nitrogens with zero attached hydrogens (tertiary/aromatic N) is 1. The largest absolute Gasteiger partial charge is 0.384 e. The summed E-state index contributed by atoms with van der Waals surface area (Å²) in [4.78, 5) is 41.7. The van der Waals surface area contributed by atoms with Crippen LogP contribution in [0, 0.1) is 0 Å². The Kier molecular flexibility index (Phi) is 7.11. The minimum absolute atomic E-state index is 0.0426. The Morgan fingerprint density at radius 1 is 1.16 bits per heavy atom. The van der Waals surface area contributed by atoms with Gasteiger partial charge in [0.15, 0.2) is 20.9 Å². The first-order valence-electron chi connectivity index (χ1n) is 12.1. The van der Waals surface area contributed by atoms with Gasteiger partial charge in [0, 0.05) is 38.1 Å². The number of rotatable bonds is 11. The van der Waals surface area contributed by atoms with Gasteiger partial charge in [-0.15, -0.1) is 11.3 Å². The number of sulfone groups is 1. The minimum Gasteiger partial charge on any atom is -0.384 e. The Balaban J connectivity index is 1.43. The highest BCUT2D eigenvalue weighted by molar-refractivity contribution is 7.92. The third kappa shape index (κ3) is 5.58. The maximum atomic E-state index is 13.2. The molecular formula is C26H27N3O6S2. The lowest BCUT2D eigenvalue weighted by molar-refractivity contribution is -0.125. The summed E-state index contributed by atoms with van der Waals surface area (Å²) in [5.74, 6) is -1.20. The van der Waals surface area contributed by atoms with Crippen molar-refractivity contribution in [2.75, 3.05) is 19.5 Å². The summed E-state index contributed by atoms with van der Waals surface area (Å²) in [6, 6.07) is 11.4. The molecule has 2 heterocycles. The number of nitrogens with one attached hydrogen (secondary N) is 2. The number of carbonyl (C=O) groups excluding carboxylic acids is 3. The molecule has 3 aromatic rings. The molecule has 1 aromatic heterocycles. The molecule has 9 nitrogen and oxygen atoms in total. The van der Waals surface area contributed by atoms with Crippen LogP contribution in [0.4, 0.5) is 0 Å². The monoisotopic (exact) mass is 541 g/mol. The second-order valence-electron chi connectivity index (χ2n) is 9.34. The first-order valence-corrected chi connectivity index (χ1v) is 14.6. The number of thiazole rings is 1. The topological polar surface area (TPSA) is 132 Å².